The number of benzene rings is 2. The van der Waals surface area contributed by atoms with E-state index in [-0.39, 0.29) is 25.8 Å². The van der Waals surface area contributed by atoms with Gasteiger partial charge in [-0.15, -0.1) is 35.9 Å². The molecule has 6 heteroatoms. The van der Waals surface area contributed by atoms with E-state index in [1.54, 1.807) is 12.1 Å². The van der Waals surface area contributed by atoms with Gasteiger partial charge in [0.05, 0.1) is 11.5 Å². The van der Waals surface area contributed by atoms with Gasteiger partial charge < -0.3 is 9.67 Å². The molecule has 0 fully saturated rings. The van der Waals surface area contributed by atoms with Crippen LogP contribution in [0.5, 0.6) is 0 Å². The summed E-state index contributed by atoms with van der Waals surface area (Å²) in [5.74, 6) is 0.00486. The number of carboxylic acids is 1. The second kappa shape index (κ2) is 10.6. The maximum Gasteiger partial charge on any atom is 0.354 e. The zero-order chi connectivity index (χ0) is 20.8. The van der Waals surface area contributed by atoms with Gasteiger partial charge in [0.15, 0.2) is 0 Å². The van der Waals surface area contributed by atoms with Crippen molar-refractivity contribution in [2.75, 3.05) is 0 Å². The van der Waals surface area contributed by atoms with Gasteiger partial charge in [-0.2, -0.15) is 0 Å². The van der Waals surface area contributed by atoms with Crippen molar-refractivity contribution in [3.8, 4) is 16.9 Å². The van der Waals surface area contributed by atoms with Crippen LogP contribution in [-0.2, 0) is 20.1 Å². The Bertz CT molecular complexity index is 1090. The normalized spacial score (nSPS) is 9.83. The van der Waals surface area contributed by atoms with Crippen molar-refractivity contribution in [1.82, 2.24) is 14.5 Å². The maximum atomic E-state index is 10.1. The van der Waals surface area contributed by atoms with Crippen molar-refractivity contribution in [3.63, 3.8) is 0 Å². The van der Waals surface area contributed by atoms with Gasteiger partial charge in [-0.3, -0.25) is 4.98 Å². The summed E-state index contributed by atoms with van der Waals surface area (Å²) in [5.41, 5.74) is 5.81. The van der Waals surface area contributed by atoms with Gasteiger partial charge in [-0.1, -0.05) is 24.3 Å². The van der Waals surface area contributed by atoms with E-state index in [0.29, 0.717) is 0 Å². The van der Waals surface area contributed by atoms with E-state index < -0.39 is 5.97 Å². The molecule has 0 saturated heterocycles. The third-order valence-corrected chi connectivity index (χ3v) is 4.43. The fourth-order valence-corrected chi connectivity index (χ4v) is 3.06. The van der Waals surface area contributed by atoms with E-state index in [4.69, 9.17) is 5.11 Å². The van der Waals surface area contributed by atoms with E-state index in [0.717, 1.165) is 17.1 Å². The molecule has 2 aromatic carbocycles. The van der Waals surface area contributed by atoms with Crippen LogP contribution in [0.1, 0.15) is 27.4 Å². The molecule has 0 bridgehead atoms. The zero-order valence-electron chi connectivity index (χ0n) is 17.0. The number of imidazole rings is 1. The second-order valence-electron chi connectivity index (χ2n) is 6.58. The SMILES string of the molecule is Cc1cccc(C)c1-n1cc(-c2[c-]cccc2)nc1C.O=C(O)c1ccccn1.[Ir]. The van der Waals surface area contributed by atoms with E-state index in [1.165, 1.54) is 29.1 Å². The predicted molar refractivity (Wildman–Crippen MR) is 113 cm³/mol. The number of carboxylic acid groups (broad SMARTS) is 1. The zero-order valence-corrected chi connectivity index (χ0v) is 19.4. The largest absolute Gasteiger partial charge is 0.477 e. The Morgan fingerprint density at radius 1 is 0.967 bits per heavy atom. The Morgan fingerprint density at radius 2 is 1.67 bits per heavy atom. The molecule has 0 aliphatic heterocycles. The molecule has 0 aliphatic carbocycles. The summed E-state index contributed by atoms with van der Waals surface area (Å²) in [4.78, 5) is 18.4. The second-order valence-corrected chi connectivity index (χ2v) is 6.58. The van der Waals surface area contributed by atoms with Crippen LogP contribution in [0.2, 0.25) is 0 Å². The number of hydrogen-bond donors (Lipinski definition) is 1. The molecule has 0 saturated carbocycles. The fourth-order valence-electron chi connectivity index (χ4n) is 3.06. The van der Waals surface area contributed by atoms with Crippen LogP contribution in [-0.4, -0.2) is 25.6 Å². The number of aromatic nitrogens is 3. The molecule has 2 aromatic heterocycles. The van der Waals surface area contributed by atoms with Gasteiger partial charge in [-0.05, 0) is 50.2 Å². The van der Waals surface area contributed by atoms with Crippen LogP contribution in [0.15, 0.2) is 73.1 Å². The predicted octanol–water partition coefficient (Wildman–Crippen LogP) is 5.04. The maximum absolute atomic E-state index is 10.1. The molecular formula is C24H22IrN3O2-. The Hall–Kier alpha value is -3.08. The molecule has 0 aliphatic rings. The van der Waals surface area contributed by atoms with Crippen molar-refractivity contribution in [2.24, 2.45) is 0 Å². The van der Waals surface area contributed by atoms with E-state index >= 15 is 0 Å². The third-order valence-electron chi connectivity index (χ3n) is 4.43. The summed E-state index contributed by atoms with van der Waals surface area (Å²) < 4.78 is 2.17. The molecule has 4 aromatic rings. The van der Waals surface area contributed by atoms with Gasteiger partial charge in [0, 0.05) is 32.0 Å². The minimum absolute atomic E-state index is 0. The Balaban J connectivity index is 0.000000272. The number of nitrogens with zero attached hydrogens (tertiary/aromatic N) is 3. The Morgan fingerprint density at radius 3 is 2.20 bits per heavy atom. The topological polar surface area (TPSA) is 68.0 Å². The number of aryl methyl sites for hydroxylation is 3. The van der Waals surface area contributed by atoms with Gasteiger partial charge >= 0.3 is 5.97 Å². The number of rotatable bonds is 3. The van der Waals surface area contributed by atoms with Crippen molar-refractivity contribution in [3.05, 3.63) is 102 Å². The average molecular weight is 577 g/mol. The molecule has 1 radical (unpaired) electrons. The van der Waals surface area contributed by atoms with E-state index in [9.17, 15) is 4.79 Å². The number of hydrogen-bond acceptors (Lipinski definition) is 3. The Kier molecular flexibility index (Phi) is 8.22. The molecule has 1 N–H and O–H groups in total. The van der Waals surface area contributed by atoms with Crippen LogP contribution in [0.3, 0.4) is 0 Å². The standard InChI is InChI=1S/C18H17N2.C6H5NO2.Ir/c1-13-8-7-9-14(2)18(13)20-12-17(19-15(20)3)16-10-5-4-6-11-16;8-6(9)5-3-1-2-4-7-5;/h4-10,12H,1-3H3;1-4H,(H,8,9);/q-1;;. The molecular weight excluding hydrogens is 555 g/mol. The van der Waals surface area contributed by atoms with Crippen molar-refractivity contribution < 1.29 is 30.0 Å². The van der Waals surface area contributed by atoms with Crippen LogP contribution in [0.4, 0.5) is 0 Å². The molecule has 0 amide bonds. The summed E-state index contributed by atoms with van der Waals surface area (Å²) in [6.07, 6.45) is 3.54. The molecule has 2 heterocycles. The van der Waals surface area contributed by atoms with E-state index in [1.807, 2.05) is 31.2 Å². The minimum Gasteiger partial charge on any atom is -0.477 e. The summed E-state index contributed by atoms with van der Waals surface area (Å²) in [6.45, 7) is 6.31. The van der Waals surface area contributed by atoms with Gasteiger partial charge in [0.2, 0.25) is 0 Å². The quantitative estimate of drug-likeness (QED) is 0.347. The van der Waals surface area contributed by atoms with Crippen molar-refractivity contribution in [2.45, 2.75) is 20.8 Å². The van der Waals surface area contributed by atoms with Gasteiger partial charge in [-0.25, -0.2) is 9.78 Å². The summed E-state index contributed by atoms with van der Waals surface area (Å²) in [5, 5.41) is 8.32. The molecule has 5 nitrogen and oxygen atoms in total. The molecule has 0 unspecified atom stereocenters. The van der Waals surface area contributed by atoms with Crippen LogP contribution in [0, 0.1) is 26.8 Å². The smallest absolute Gasteiger partial charge is 0.354 e. The van der Waals surface area contributed by atoms with Crippen LogP contribution in [0.25, 0.3) is 16.9 Å². The summed E-state index contributed by atoms with van der Waals surface area (Å²) in [6, 6.07) is 22.3. The van der Waals surface area contributed by atoms with Crippen LogP contribution < -0.4 is 0 Å². The number of aromatic carboxylic acids is 1. The molecule has 4 rings (SSSR count). The minimum atomic E-state index is -0.990. The first-order chi connectivity index (χ1) is 14.0. The molecule has 0 atom stereocenters. The first kappa shape index (κ1) is 23.2. The Labute approximate surface area is 189 Å². The van der Waals surface area contributed by atoms with Gasteiger partial charge in [0.25, 0.3) is 0 Å². The number of pyridine rings is 1. The van der Waals surface area contributed by atoms with Crippen molar-refractivity contribution >= 4 is 5.97 Å². The van der Waals surface area contributed by atoms with Crippen molar-refractivity contribution in [1.29, 1.82) is 0 Å². The molecule has 0 spiro atoms. The summed E-state index contributed by atoms with van der Waals surface area (Å²) >= 11 is 0. The fraction of sp³-hybridized carbons (Fsp3) is 0.125. The number of para-hydroxylation sites is 1. The number of carbonyl (C=O) groups is 1. The first-order valence-electron chi connectivity index (χ1n) is 9.21. The first-order valence-corrected chi connectivity index (χ1v) is 9.21. The average Bonchev–Trinajstić information content (AvgIpc) is 3.11. The molecule has 155 valence electrons. The van der Waals surface area contributed by atoms with E-state index in [2.05, 4.69) is 58.8 Å². The molecule has 30 heavy (non-hydrogen) atoms. The van der Waals surface area contributed by atoms with Gasteiger partial charge in [0.1, 0.15) is 5.69 Å². The summed E-state index contributed by atoms with van der Waals surface area (Å²) in [7, 11) is 0. The van der Waals surface area contributed by atoms with Crippen LogP contribution >= 0.6 is 0 Å². The third kappa shape index (κ3) is 5.50. The monoisotopic (exact) mass is 577 g/mol.